The van der Waals surface area contributed by atoms with Crippen molar-refractivity contribution in [3.8, 4) is 0 Å². The highest BCUT2D eigenvalue weighted by molar-refractivity contribution is 7.58. The van der Waals surface area contributed by atoms with E-state index in [1.54, 1.807) is 35.2 Å². The van der Waals surface area contributed by atoms with Gasteiger partial charge in [0.25, 0.3) is 5.91 Å². The first-order chi connectivity index (χ1) is 20.2. The molecule has 0 bridgehead atoms. The van der Waals surface area contributed by atoms with Crippen molar-refractivity contribution in [2.45, 2.75) is 24.4 Å². The zero-order valence-corrected chi connectivity index (χ0v) is 24.7. The molecule has 1 fully saturated rings. The first-order valence-corrected chi connectivity index (χ1v) is 16.8. The fraction of sp³-hybridized carbons (Fsp3) is 0.212. The molecule has 1 saturated heterocycles. The molecule has 2 amide bonds. The molecule has 2 N–H and O–H groups in total. The van der Waals surface area contributed by atoms with Crippen LogP contribution in [-0.2, 0) is 9.36 Å². The maximum atomic E-state index is 14.0. The van der Waals surface area contributed by atoms with Crippen LogP contribution in [0, 0.1) is 5.82 Å². The monoisotopic (exact) mass is 600 g/mol. The number of carbonyl (C=O) groups excluding carboxylic acids is 2. The standard InChI is InChI=1S/C33H30FN2O4PS/c1-41(39,40)30(32(37)35-26-15-12-21-6-2-3-7-24(21)20-26)29-27-8-4-5-9-28(27)42-31(29)33(38)36-18-16-23(17-19-36)22-10-13-25(34)14-11-22/h2-15,20,23,30H,16-19H2,1H3,(H,35,37)(H,39,40). The summed E-state index contributed by atoms with van der Waals surface area (Å²) in [6, 6.07) is 27.0. The van der Waals surface area contributed by atoms with Crippen LogP contribution in [0.2, 0.25) is 0 Å². The third-order valence-corrected chi connectivity index (χ3v) is 10.6. The fourth-order valence-corrected chi connectivity index (χ4v) is 8.40. The van der Waals surface area contributed by atoms with Gasteiger partial charge in [0.2, 0.25) is 13.3 Å². The highest BCUT2D eigenvalue weighted by Gasteiger charge is 2.41. The third-order valence-electron chi connectivity index (χ3n) is 7.97. The molecular formula is C33H30FN2O4PS. The topological polar surface area (TPSA) is 86.7 Å². The van der Waals surface area contributed by atoms with Crippen LogP contribution in [0.15, 0.2) is 91.0 Å². The Morgan fingerprint density at radius 1 is 0.952 bits per heavy atom. The summed E-state index contributed by atoms with van der Waals surface area (Å²) < 4.78 is 27.6. The van der Waals surface area contributed by atoms with Gasteiger partial charge in [0.05, 0.1) is 4.88 Å². The van der Waals surface area contributed by atoms with Gasteiger partial charge in [-0.05, 0) is 70.8 Å². The van der Waals surface area contributed by atoms with Gasteiger partial charge in [0, 0.05) is 35.7 Å². The van der Waals surface area contributed by atoms with E-state index < -0.39 is 18.9 Å². The number of hydrogen-bond acceptors (Lipinski definition) is 4. The molecule has 0 radical (unpaired) electrons. The zero-order chi connectivity index (χ0) is 29.4. The highest BCUT2D eigenvalue weighted by Crippen LogP contribution is 2.56. The molecule has 0 aliphatic carbocycles. The van der Waals surface area contributed by atoms with Gasteiger partial charge in [-0.3, -0.25) is 14.2 Å². The smallest absolute Gasteiger partial charge is 0.264 e. The van der Waals surface area contributed by atoms with Crippen LogP contribution in [0.25, 0.3) is 20.9 Å². The summed E-state index contributed by atoms with van der Waals surface area (Å²) in [5.74, 6) is -0.947. The van der Waals surface area contributed by atoms with Gasteiger partial charge in [-0.25, -0.2) is 4.39 Å². The molecule has 1 aromatic heterocycles. The predicted octanol–water partition coefficient (Wildman–Crippen LogP) is 7.79. The number of likely N-dealkylation sites (tertiary alicyclic amines) is 1. The molecular weight excluding hydrogens is 570 g/mol. The van der Waals surface area contributed by atoms with Crippen LogP contribution in [0.3, 0.4) is 0 Å². The molecule has 214 valence electrons. The molecule has 0 spiro atoms. The van der Waals surface area contributed by atoms with Crippen molar-refractivity contribution in [2.75, 3.05) is 25.1 Å². The SMILES string of the molecule is CP(=O)(O)C(C(=O)Nc1ccc2ccccc2c1)c1c(C(=O)N2CCC(c3ccc(F)cc3)CC2)sc2ccccc12. The van der Waals surface area contributed by atoms with E-state index in [0.29, 0.717) is 34.6 Å². The Morgan fingerprint density at radius 2 is 1.62 bits per heavy atom. The maximum Gasteiger partial charge on any atom is 0.264 e. The van der Waals surface area contributed by atoms with E-state index in [1.165, 1.54) is 30.1 Å². The quantitative estimate of drug-likeness (QED) is 0.195. The third kappa shape index (κ3) is 5.62. The van der Waals surface area contributed by atoms with E-state index >= 15 is 0 Å². The minimum absolute atomic E-state index is 0.213. The second kappa shape index (κ2) is 11.4. The minimum atomic E-state index is -4.08. The second-order valence-electron chi connectivity index (χ2n) is 10.9. The largest absolute Gasteiger partial charge is 0.344 e. The predicted molar refractivity (Wildman–Crippen MR) is 167 cm³/mol. The number of nitrogens with one attached hydrogen (secondary N) is 1. The van der Waals surface area contributed by atoms with Crippen LogP contribution in [0.5, 0.6) is 0 Å². The molecule has 9 heteroatoms. The number of piperidine rings is 1. The van der Waals surface area contributed by atoms with Gasteiger partial charge in [-0.15, -0.1) is 11.3 Å². The number of fused-ring (bicyclic) bond motifs is 2. The van der Waals surface area contributed by atoms with Crippen LogP contribution < -0.4 is 5.32 Å². The average molecular weight is 601 g/mol. The number of nitrogens with zero attached hydrogens (tertiary/aromatic N) is 1. The van der Waals surface area contributed by atoms with Gasteiger partial charge in [-0.2, -0.15) is 0 Å². The van der Waals surface area contributed by atoms with Crippen molar-refractivity contribution in [2.24, 2.45) is 0 Å². The van der Waals surface area contributed by atoms with Crippen molar-refractivity contribution in [3.05, 3.63) is 113 Å². The summed E-state index contributed by atoms with van der Waals surface area (Å²) in [4.78, 5) is 40.9. The molecule has 1 aliphatic rings. The molecule has 2 heterocycles. The van der Waals surface area contributed by atoms with E-state index in [4.69, 9.17) is 0 Å². The zero-order valence-electron chi connectivity index (χ0n) is 23.0. The lowest BCUT2D eigenvalue weighted by atomic mass is 9.89. The Hall–Kier alpha value is -3.84. The van der Waals surface area contributed by atoms with E-state index in [1.807, 2.05) is 48.5 Å². The lowest BCUT2D eigenvalue weighted by molar-refractivity contribution is -0.116. The fourth-order valence-electron chi connectivity index (χ4n) is 5.86. The minimum Gasteiger partial charge on any atom is -0.344 e. The van der Waals surface area contributed by atoms with Crippen molar-refractivity contribution in [3.63, 3.8) is 0 Å². The number of amides is 2. The summed E-state index contributed by atoms with van der Waals surface area (Å²) in [5, 5.41) is 5.41. The van der Waals surface area contributed by atoms with Crippen LogP contribution in [0.4, 0.5) is 10.1 Å². The van der Waals surface area contributed by atoms with E-state index in [2.05, 4.69) is 5.32 Å². The van der Waals surface area contributed by atoms with Gasteiger partial charge in [-0.1, -0.05) is 60.7 Å². The van der Waals surface area contributed by atoms with Gasteiger partial charge in [0.1, 0.15) is 11.5 Å². The van der Waals surface area contributed by atoms with Gasteiger partial charge >= 0.3 is 0 Å². The lowest BCUT2D eigenvalue weighted by Crippen LogP contribution is -2.38. The lowest BCUT2D eigenvalue weighted by Gasteiger charge is -2.32. The summed E-state index contributed by atoms with van der Waals surface area (Å²) in [5.41, 5.74) is 0.416. The molecule has 1 aliphatic heterocycles. The number of hydrogen-bond donors (Lipinski definition) is 2. The maximum absolute atomic E-state index is 14.0. The number of halogens is 1. The number of benzene rings is 4. The Bertz CT molecular complexity index is 1840. The number of carbonyl (C=O) groups is 2. The molecule has 2 atom stereocenters. The molecule has 2 unspecified atom stereocenters. The van der Waals surface area contributed by atoms with Gasteiger partial charge in [0.15, 0.2) is 0 Å². The van der Waals surface area contributed by atoms with Crippen molar-refractivity contribution in [1.82, 2.24) is 4.90 Å². The van der Waals surface area contributed by atoms with Crippen LogP contribution >= 0.6 is 18.7 Å². The Kier molecular flexibility index (Phi) is 7.71. The number of thiophene rings is 1. The van der Waals surface area contributed by atoms with Crippen molar-refractivity contribution in [1.29, 1.82) is 0 Å². The summed E-state index contributed by atoms with van der Waals surface area (Å²) >= 11 is 1.25. The number of anilines is 1. The molecule has 6 nitrogen and oxygen atoms in total. The summed E-state index contributed by atoms with van der Waals surface area (Å²) in [7, 11) is -4.08. The first kappa shape index (κ1) is 28.3. The number of rotatable bonds is 6. The first-order valence-electron chi connectivity index (χ1n) is 13.8. The normalized spacial score (nSPS) is 16.3. The molecule has 42 heavy (non-hydrogen) atoms. The second-order valence-corrected chi connectivity index (χ2v) is 14.3. The van der Waals surface area contributed by atoms with Crippen LogP contribution in [0.1, 0.15) is 45.2 Å². The Labute approximate surface area is 247 Å². The molecule has 4 aromatic carbocycles. The average Bonchev–Trinajstić information content (AvgIpc) is 3.35. The Balaban J connectivity index is 1.32. The summed E-state index contributed by atoms with van der Waals surface area (Å²) in [6.45, 7) is 2.16. The molecule has 5 aromatic rings. The van der Waals surface area contributed by atoms with E-state index in [0.717, 1.165) is 33.9 Å². The van der Waals surface area contributed by atoms with E-state index in [-0.39, 0.29) is 17.6 Å². The summed E-state index contributed by atoms with van der Waals surface area (Å²) in [6.07, 6.45) is 1.44. The van der Waals surface area contributed by atoms with Gasteiger partial charge < -0.3 is 15.1 Å². The van der Waals surface area contributed by atoms with Crippen LogP contribution in [-0.4, -0.2) is 41.4 Å². The Morgan fingerprint density at radius 3 is 2.33 bits per heavy atom. The highest BCUT2D eigenvalue weighted by atomic mass is 32.1. The molecule has 0 saturated carbocycles. The van der Waals surface area contributed by atoms with Crippen molar-refractivity contribution >= 4 is 57.1 Å². The van der Waals surface area contributed by atoms with E-state index in [9.17, 15) is 23.4 Å². The van der Waals surface area contributed by atoms with Crippen molar-refractivity contribution < 1.29 is 23.4 Å². The molecule has 6 rings (SSSR count).